The Morgan fingerprint density at radius 3 is 2.64 bits per heavy atom. The standard InChI is InChI=1S/C22H19N3O2S/c1-14-9-10-25-20(11-14)24-21(15-3-6-17(28-2)7-4-15)22(25)23-16-5-8-18-19(12-16)27-13-26-18/h3-12,23H,13H2,1-2H3. The predicted octanol–water partition coefficient (Wildman–Crippen LogP) is 5.50. The molecule has 0 fully saturated rings. The van der Waals surface area contributed by atoms with Crippen LogP contribution >= 0.6 is 11.8 Å². The van der Waals surface area contributed by atoms with Crippen LogP contribution in [-0.2, 0) is 0 Å². The maximum atomic E-state index is 5.51. The number of anilines is 2. The Hall–Kier alpha value is -3.12. The minimum absolute atomic E-state index is 0.265. The zero-order chi connectivity index (χ0) is 19.1. The van der Waals surface area contributed by atoms with Crippen LogP contribution in [0.1, 0.15) is 5.56 Å². The fraction of sp³-hybridized carbons (Fsp3) is 0.136. The van der Waals surface area contributed by atoms with Gasteiger partial charge in [-0.05, 0) is 55.1 Å². The molecule has 5 nitrogen and oxygen atoms in total. The molecule has 1 aliphatic rings. The fourth-order valence-electron chi connectivity index (χ4n) is 3.33. The first kappa shape index (κ1) is 17.0. The van der Waals surface area contributed by atoms with E-state index in [1.54, 1.807) is 11.8 Å². The number of benzene rings is 2. The number of fused-ring (bicyclic) bond motifs is 2. The van der Waals surface area contributed by atoms with Gasteiger partial charge in [-0.2, -0.15) is 0 Å². The molecule has 1 aliphatic heterocycles. The molecule has 6 heteroatoms. The lowest BCUT2D eigenvalue weighted by Crippen LogP contribution is -1.97. The Morgan fingerprint density at radius 1 is 1.00 bits per heavy atom. The average Bonchev–Trinajstić information content (AvgIpc) is 3.32. The number of ether oxygens (including phenoxy) is 2. The van der Waals surface area contributed by atoms with Crippen molar-refractivity contribution in [3.05, 3.63) is 66.4 Å². The molecule has 5 rings (SSSR count). The van der Waals surface area contributed by atoms with Gasteiger partial charge in [-0.15, -0.1) is 11.8 Å². The zero-order valence-corrected chi connectivity index (χ0v) is 16.4. The van der Waals surface area contributed by atoms with Crippen LogP contribution in [0.15, 0.2) is 65.7 Å². The first-order valence-corrected chi connectivity index (χ1v) is 10.2. The highest BCUT2D eigenvalue weighted by Crippen LogP contribution is 2.37. The molecule has 0 amide bonds. The molecule has 1 N–H and O–H groups in total. The number of nitrogens with zero attached hydrogens (tertiary/aromatic N) is 2. The number of imidazole rings is 1. The topological polar surface area (TPSA) is 47.8 Å². The molecule has 0 unspecified atom stereocenters. The lowest BCUT2D eigenvalue weighted by molar-refractivity contribution is 0.174. The van der Waals surface area contributed by atoms with Gasteiger partial charge in [0, 0.05) is 28.4 Å². The van der Waals surface area contributed by atoms with Crippen LogP contribution in [0.5, 0.6) is 11.5 Å². The molecule has 28 heavy (non-hydrogen) atoms. The fourth-order valence-corrected chi connectivity index (χ4v) is 3.74. The SMILES string of the molecule is CSc1ccc(-c2nc3cc(C)ccn3c2Nc2ccc3c(c2)OCO3)cc1. The summed E-state index contributed by atoms with van der Waals surface area (Å²) >= 11 is 1.73. The molecule has 4 aromatic rings. The zero-order valence-electron chi connectivity index (χ0n) is 15.6. The van der Waals surface area contributed by atoms with Crippen molar-refractivity contribution in [3.8, 4) is 22.8 Å². The van der Waals surface area contributed by atoms with Crippen LogP contribution in [0.3, 0.4) is 0 Å². The highest BCUT2D eigenvalue weighted by Gasteiger charge is 2.17. The van der Waals surface area contributed by atoms with E-state index in [-0.39, 0.29) is 6.79 Å². The Kier molecular flexibility index (Phi) is 4.13. The van der Waals surface area contributed by atoms with Crippen LogP contribution in [0.2, 0.25) is 0 Å². The van der Waals surface area contributed by atoms with E-state index in [1.165, 1.54) is 10.5 Å². The predicted molar refractivity (Wildman–Crippen MR) is 113 cm³/mol. The molecular weight excluding hydrogens is 370 g/mol. The highest BCUT2D eigenvalue weighted by molar-refractivity contribution is 7.98. The Balaban J connectivity index is 1.63. The first-order valence-electron chi connectivity index (χ1n) is 9.01. The number of aryl methyl sites for hydroxylation is 1. The molecule has 0 saturated heterocycles. The summed E-state index contributed by atoms with van der Waals surface area (Å²) < 4.78 is 13.0. The van der Waals surface area contributed by atoms with Gasteiger partial charge < -0.3 is 14.8 Å². The van der Waals surface area contributed by atoms with Gasteiger partial charge >= 0.3 is 0 Å². The molecule has 0 atom stereocenters. The largest absolute Gasteiger partial charge is 0.454 e. The molecule has 0 saturated carbocycles. The third-order valence-electron chi connectivity index (χ3n) is 4.78. The summed E-state index contributed by atoms with van der Waals surface area (Å²) in [5.41, 5.74) is 5.00. The van der Waals surface area contributed by atoms with Crippen LogP contribution in [0.25, 0.3) is 16.9 Å². The van der Waals surface area contributed by atoms with Crippen LogP contribution in [0, 0.1) is 6.92 Å². The number of nitrogens with one attached hydrogen (secondary N) is 1. The third-order valence-corrected chi connectivity index (χ3v) is 5.52. The summed E-state index contributed by atoms with van der Waals surface area (Å²) in [5, 5.41) is 3.53. The van der Waals surface area contributed by atoms with Crippen LogP contribution in [0.4, 0.5) is 11.5 Å². The summed E-state index contributed by atoms with van der Waals surface area (Å²) in [7, 11) is 0. The minimum atomic E-state index is 0.265. The average molecular weight is 389 g/mol. The summed E-state index contributed by atoms with van der Waals surface area (Å²) in [6.45, 7) is 2.34. The second-order valence-corrected chi connectivity index (χ2v) is 7.54. The number of pyridine rings is 1. The third kappa shape index (κ3) is 2.96. The van der Waals surface area contributed by atoms with E-state index in [4.69, 9.17) is 14.5 Å². The van der Waals surface area contributed by atoms with Crippen molar-refractivity contribution < 1.29 is 9.47 Å². The second-order valence-electron chi connectivity index (χ2n) is 6.66. The minimum Gasteiger partial charge on any atom is -0.454 e. The smallest absolute Gasteiger partial charge is 0.231 e. The Labute approximate surface area is 167 Å². The normalized spacial score (nSPS) is 12.5. The van der Waals surface area contributed by atoms with Crippen molar-refractivity contribution in [1.82, 2.24) is 9.38 Å². The molecule has 0 spiro atoms. The van der Waals surface area contributed by atoms with Crippen molar-refractivity contribution in [2.45, 2.75) is 11.8 Å². The molecule has 3 heterocycles. The Bertz CT molecular complexity index is 1170. The van der Waals surface area contributed by atoms with Gasteiger partial charge in [-0.3, -0.25) is 4.40 Å². The summed E-state index contributed by atoms with van der Waals surface area (Å²) in [6, 6.07) is 18.5. The number of rotatable bonds is 4. The quantitative estimate of drug-likeness (QED) is 0.467. The summed E-state index contributed by atoms with van der Waals surface area (Å²) in [6.07, 6.45) is 4.13. The van der Waals surface area contributed by atoms with E-state index in [0.29, 0.717) is 0 Å². The molecule has 2 aromatic carbocycles. The maximum absolute atomic E-state index is 5.51. The van der Waals surface area contributed by atoms with Gasteiger partial charge in [0.1, 0.15) is 17.2 Å². The second kappa shape index (κ2) is 6.80. The van der Waals surface area contributed by atoms with Gasteiger partial charge in [0.2, 0.25) is 6.79 Å². The van der Waals surface area contributed by atoms with Crippen molar-refractivity contribution in [1.29, 1.82) is 0 Å². The van der Waals surface area contributed by atoms with Crippen LogP contribution in [-0.4, -0.2) is 22.4 Å². The number of aromatic nitrogens is 2. The number of hydrogen-bond donors (Lipinski definition) is 1. The molecule has 140 valence electrons. The molecule has 0 bridgehead atoms. The lowest BCUT2D eigenvalue weighted by atomic mass is 10.1. The maximum Gasteiger partial charge on any atom is 0.231 e. The van der Waals surface area contributed by atoms with E-state index in [0.717, 1.165) is 39.9 Å². The highest BCUT2D eigenvalue weighted by atomic mass is 32.2. The molecule has 2 aromatic heterocycles. The van der Waals surface area contributed by atoms with Crippen molar-refractivity contribution in [2.75, 3.05) is 18.4 Å². The van der Waals surface area contributed by atoms with E-state index >= 15 is 0 Å². The van der Waals surface area contributed by atoms with Crippen molar-refractivity contribution in [2.24, 2.45) is 0 Å². The number of hydrogen-bond acceptors (Lipinski definition) is 5. The van der Waals surface area contributed by atoms with Gasteiger partial charge in [0.05, 0.1) is 0 Å². The Morgan fingerprint density at radius 2 is 1.82 bits per heavy atom. The van der Waals surface area contributed by atoms with E-state index in [2.05, 4.69) is 59.3 Å². The summed E-state index contributed by atoms with van der Waals surface area (Å²) in [4.78, 5) is 6.14. The number of thioether (sulfide) groups is 1. The molecular formula is C22H19N3O2S. The van der Waals surface area contributed by atoms with Gasteiger partial charge in [-0.25, -0.2) is 4.98 Å². The van der Waals surface area contributed by atoms with Gasteiger partial charge in [0.15, 0.2) is 11.5 Å². The van der Waals surface area contributed by atoms with Crippen molar-refractivity contribution >= 4 is 28.9 Å². The van der Waals surface area contributed by atoms with E-state index in [9.17, 15) is 0 Å². The van der Waals surface area contributed by atoms with Gasteiger partial charge in [-0.1, -0.05) is 12.1 Å². The van der Waals surface area contributed by atoms with Crippen molar-refractivity contribution in [3.63, 3.8) is 0 Å². The van der Waals surface area contributed by atoms with Crippen LogP contribution < -0.4 is 14.8 Å². The monoisotopic (exact) mass is 389 g/mol. The van der Waals surface area contributed by atoms with E-state index < -0.39 is 0 Å². The first-order chi connectivity index (χ1) is 13.7. The molecule has 0 radical (unpaired) electrons. The molecule has 0 aliphatic carbocycles. The lowest BCUT2D eigenvalue weighted by Gasteiger charge is -2.10. The summed E-state index contributed by atoms with van der Waals surface area (Å²) in [5.74, 6) is 2.44. The van der Waals surface area contributed by atoms with Gasteiger partial charge in [0.25, 0.3) is 0 Å². The van der Waals surface area contributed by atoms with E-state index in [1.807, 2.05) is 24.4 Å².